The van der Waals surface area contributed by atoms with Gasteiger partial charge in [-0.1, -0.05) is 54.6 Å². The van der Waals surface area contributed by atoms with E-state index in [0.29, 0.717) is 37.7 Å². The average Bonchev–Trinajstić information content (AvgIpc) is 2.71. The van der Waals surface area contributed by atoms with Gasteiger partial charge in [0.25, 0.3) is 5.91 Å². The number of fused-ring (bicyclic) bond motifs is 1. The van der Waals surface area contributed by atoms with Gasteiger partial charge in [0.15, 0.2) is 0 Å². The molecule has 140 valence electrons. The zero-order chi connectivity index (χ0) is 19.1. The number of rotatable bonds is 8. The second-order valence-corrected chi connectivity index (χ2v) is 6.34. The lowest BCUT2D eigenvalue weighted by atomic mass is 10.0. The van der Waals surface area contributed by atoms with E-state index >= 15 is 0 Å². The molecule has 0 aliphatic heterocycles. The van der Waals surface area contributed by atoms with E-state index in [2.05, 4.69) is 24.3 Å². The minimum absolute atomic E-state index is 0.0602. The van der Waals surface area contributed by atoms with E-state index in [9.17, 15) is 4.79 Å². The van der Waals surface area contributed by atoms with Crippen LogP contribution in [0.25, 0.3) is 10.8 Å². The zero-order valence-corrected chi connectivity index (χ0v) is 15.9. The third-order valence-corrected chi connectivity index (χ3v) is 4.44. The molecule has 0 heterocycles. The molecule has 1 amide bonds. The van der Waals surface area contributed by atoms with Crippen LogP contribution in [-0.4, -0.2) is 37.7 Å². The van der Waals surface area contributed by atoms with Gasteiger partial charge in [-0.25, -0.2) is 0 Å². The monoisotopic (exact) mass is 363 g/mol. The molecule has 0 saturated heterocycles. The summed E-state index contributed by atoms with van der Waals surface area (Å²) in [4.78, 5) is 14.7. The van der Waals surface area contributed by atoms with Crippen molar-refractivity contribution < 1.29 is 14.3 Å². The van der Waals surface area contributed by atoms with Crippen LogP contribution < -0.4 is 4.74 Å². The first-order valence-electron chi connectivity index (χ1n) is 9.22. The SMILES string of the molecule is CCOCCOc1ccccc1C(=O)N(C)Cc1cccc2ccccc12. The van der Waals surface area contributed by atoms with Gasteiger partial charge in [-0.05, 0) is 35.4 Å². The van der Waals surface area contributed by atoms with Crippen molar-refractivity contribution in [2.45, 2.75) is 13.5 Å². The van der Waals surface area contributed by atoms with E-state index in [1.54, 1.807) is 11.0 Å². The molecule has 0 radical (unpaired) electrons. The van der Waals surface area contributed by atoms with Gasteiger partial charge in [0.2, 0.25) is 0 Å². The van der Waals surface area contributed by atoms with Crippen LogP contribution in [-0.2, 0) is 11.3 Å². The van der Waals surface area contributed by atoms with Crippen molar-refractivity contribution in [3.05, 3.63) is 77.9 Å². The highest BCUT2D eigenvalue weighted by molar-refractivity contribution is 5.97. The Balaban J connectivity index is 1.75. The largest absolute Gasteiger partial charge is 0.490 e. The van der Waals surface area contributed by atoms with E-state index in [1.807, 2.05) is 50.4 Å². The van der Waals surface area contributed by atoms with Crippen molar-refractivity contribution in [1.29, 1.82) is 0 Å². The predicted molar refractivity (Wildman–Crippen MR) is 108 cm³/mol. The summed E-state index contributed by atoms with van der Waals surface area (Å²) >= 11 is 0. The fourth-order valence-electron chi connectivity index (χ4n) is 3.09. The lowest BCUT2D eigenvalue weighted by molar-refractivity contribution is 0.0774. The Bertz CT molecular complexity index is 902. The van der Waals surface area contributed by atoms with Crippen LogP contribution in [0, 0.1) is 0 Å². The number of hydrogen-bond acceptors (Lipinski definition) is 3. The zero-order valence-electron chi connectivity index (χ0n) is 15.9. The minimum atomic E-state index is -0.0602. The van der Waals surface area contributed by atoms with E-state index in [0.717, 1.165) is 5.56 Å². The normalized spacial score (nSPS) is 10.7. The molecule has 27 heavy (non-hydrogen) atoms. The maximum atomic E-state index is 13.0. The molecular formula is C23H25NO3. The predicted octanol–water partition coefficient (Wildman–Crippen LogP) is 4.53. The first-order chi connectivity index (χ1) is 13.2. The molecule has 4 nitrogen and oxygen atoms in total. The van der Waals surface area contributed by atoms with Gasteiger partial charge < -0.3 is 14.4 Å². The van der Waals surface area contributed by atoms with E-state index < -0.39 is 0 Å². The lowest BCUT2D eigenvalue weighted by Crippen LogP contribution is -2.27. The minimum Gasteiger partial charge on any atom is -0.490 e. The van der Waals surface area contributed by atoms with Crippen LogP contribution in [0.4, 0.5) is 0 Å². The third-order valence-electron chi connectivity index (χ3n) is 4.44. The second kappa shape index (κ2) is 9.19. The molecule has 0 aliphatic carbocycles. The number of carbonyl (C=O) groups excluding carboxylic acids is 1. The van der Waals surface area contributed by atoms with Crippen molar-refractivity contribution in [2.24, 2.45) is 0 Å². The molecule has 0 bridgehead atoms. The van der Waals surface area contributed by atoms with Crippen LogP contribution in [0.5, 0.6) is 5.75 Å². The fourth-order valence-corrected chi connectivity index (χ4v) is 3.09. The number of benzene rings is 3. The topological polar surface area (TPSA) is 38.8 Å². The number of para-hydroxylation sites is 1. The standard InChI is InChI=1S/C23H25NO3/c1-3-26-15-16-27-22-14-7-6-13-21(22)23(25)24(2)17-19-11-8-10-18-9-4-5-12-20(18)19/h4-14H,3,15-17H2,1-2H3. The molecule has 3 aromatic rings. The lowest BCUT2D eigenvalue weighted by Gasteiger charge is -2.20. The third kappa shape index (κ3) is 4.66. The van der Waals surface area contributed by atoms with E-state index in [-0.39, 0.29) is 5.91 Å². The Kier molecular flexibility index (Phi) is 6.44. The molecular weight excluding hydrogens is 338 g/mol. The Morgan fingerprint density at radius 3 is 2.52 bits per heavy atom. The first kappa shape index (κ1) is 18.9. The summed E-state index contributed by atoms with van der Waals surface area (Å²) in [6.07, 6.45) is 0. The van der Waals surface area contributed by atoms with Gasteiger partial charge in [0.05, 0.1) is 12.2 Å². The summed E-state index contributed by atoms with van der Waals surface area (Å²) in [5, 5.41) is 2.34. The van der Waals surface area contributed by atoms with Crippen LogP contribution in [0.15, 0.2) is 66.7 Å². The Morgan fingerprint density at radius 2 is 1.67 bits per heavy atom. The summed E-state index contributed by atoms with van der Waals surface area (Å²) in [6.45, 7) is 4.06. The van der Waals surface area contributed by atoms with Crippen LogP contribution in [0.2, 0.25) is 0 Å². The molecule has 0 aromatic heterocycles. The molecule has 0 N–H and O–H groups in total. The number of nitrogens with zero attached hydrogens (tertiary/aromatic N) is 1. The van der Waals surface area contributed by atoms with Crippen molar-refractivity contribution in [3.8, 4) is 5.75 Å². The molecule has 4 heteroatoms. The maximum Gasteiger partial charge on any atom is 0.257 e. The van der Waals surface area contributed by atoms with Crippen LogP contribution in [0.1, 0.15) is 22.8 Å². The number of amides is 1. The summed E-state index contributed by atoms with van der Waals surface area (Å²) < 4.78 is 11.1. The molecule has 0 unspecified atom stereocenters. The average molecular weight is 363 g/mol. The molecule has 0 fully saturated rings. The molecule has 0 saturated carbocycles. The number of carbonyl (C=O) groups is 1. The summed E-state index contributed by atoms with van der Waals surface area (Å²) in [7, 11) is 1.82. The van der Waals surface area contributed by atoms with Gasteiger partial charge in [0.1, 0.15) is 12.4 Å². The second-order valence-electron chi connectivity index (χ2n) is 6.34. The number of ether oxygens (including phenoxy) is 2. The van der Waals surface area contributed by atoms with Gasteiger partial charge in [-0.2, -0.15) is 0 Å². The van der Waals surface area contributed by atoms with Gasteiger partial charge in [-0.15, -0.1) is 0 Å². The van der Waals surface area contributed by atoms with Gasteiger partial charge in [0, 0.05) is 20.2 Å². The highest BCUT2D eigenvalue weighted by Crippen LogP contribution is 2.23. The van der Waals surface area contributed by atoms with E-state index in [4.69, 9.17) is 9.47 Å². The summed E-state index contributed by atoms with van der Waals surface area (Å²) in [5.41, 5.74) is 1.69. The Morgan fingerprint density at radius 1 is 0.926 bits per heavy atom. The quantitative estimate of drug-likeness (QED) is 0.552. The highest BCUT2D eigenvalue weighted by atomic mass is 16.5. The molecule has 3 aromatic carbocycles. The highest BCUT2D eigenvalue weighted by Gasteiger charge is 2.17. The number of hydrogen-bond donors (Lipinski definition) is 0. The molecule has 3 rings (SSSR count). The molecule has 0 aliphatic rings. The molecule has 0 atom stereocenters. The summed E-state index contributed by atoms with van der Waals surface area (Å²) in [5.74, 6) is 0.530. The maximum absolute atomic E-state index is 13.0. The van der Waals surface area contributed by atoms with Gasteiger partial charge >= 0.3 is 0 Å². The smallest absolute Gasteiger partial charge is 0.257 e. The van der Waals surface area contributed by atoms with Crippen molar-refractivity contribution in [2.75, 3.05) is 26.9 Å². The van der Waals surface area contributed by atoms with Gasteiger partial charge in [-0.3, -0.25) is 4.79 Å². The van der Waals surface area contributed by atoms with Crippen molar-refractivity contribution in [3.63, 3.8) is 0 Å². The Hall–Kier alpha value is -2.85. The van der Waals surface area contributed by atoms with Crippen LogP contribution >= 0.6 is 0 Å². The first-order valence-corrected chi connectivity index (χ1v) is 9.22. The van der Waals surface area contributed by atoms with E-state index in [1.165, 1.54) is 10.8 Å². The molecule has 0 spiro atoms. The van der Waals surface area contributed by atoms with Crippen molar-refractivity contribution in [1.82, 2.24) is 4.90 Å². The summed E-state index contributed by atoms with van der Waals surface area (Å²) in [6, 6.07) is 21.8. The fraction of sp³-hybridized carbons (Fsp3) is 0.261. The van der Waals surface area contributed by atoms with Crippen LogP contribution in [0.3, 0.4) is 0 Å². The Labute approximate surface area is 160 Å². The van der Waals surface area contributed by atoms with Crippen molar-refractivity contribution >= 4 is 16.7 Å².